The molecule has 0 unspecified atom stereocenters. The first-order valence-corrected chi connectivity index (χ1v) is 7.06. The van der Waals surface area contributed by atoms with Crippen LogP contribution in [0.4, 0.5) is 0 Å². The van der Waals surface area contributed by atoms with Crippen molar-refractivity contribution in [3.05, 3.63) is 29.8 Å². The molecule has 0 aliphatic heterocycles. The summed E-state index contributed by atoms with van der Waals surface area (Å²) in [6.45, 7) is 4.97. The van der Waals surface area contributed by atoms with E-state index in [2.05, 4.69) is 0 Å². The average molecular weight is 270 g/mol. The summed E-state index contributed by atoms with van der Waals surface area (Å²) in [5.74, 6) is -0.667. The van der Waals surface area contributed by atoms with Gasteiger partial charge in [-0.05, 0) is 32.9 Å². The molecule has 0 saturated heterocycles. The van der Waals surface area contributed by atoms with E-state index in [9.17, 15) is 13.2 Å². The molecule has 6 heteroatoms. The number of amides is 1. The van der Waals surface area contributed by atoms with Crippen LogP contribution in [-0.4, -0.2) is 31.2 Å². The van der Waals surface area contributed by atoms with Gasteiger partial charge in [0.05, 0.1) is 11.4 Å². The van der Waals surface area contributed by atoms with Gasteiger partial charge in [0, 0.05) is 6.04 Å². The molecular weight excluding hydrogens is 252 g/mol. The zero-order valence-electron chi connectivity index (χ0n) is 10.8. The fourth-order valence-electron chi connectivity index (χ4n) is 1.54. The average Bonchev–Trinajstić information content (AvgIpc) is 2.25. The van der Waals surface area contributed by atoms with Crippen LogP contribution in [0.15, 0.2) is 29.2 Å². The summed E-state index contributed by atoms with van der Waals surface area (Å²) in [4.78, 5) is 11.1. The van der Waals surface area contributed by atoms with Crippen molar-refractivity contribution in [2.24, 2.45) is 5.73 Å². The second kappa shape index (κ2) is 5.49. The van der Waals surface area contributed by atoms with Crippen LogP contribution in [0, 0.1) is 6.92 Å². The van der Waals surface area contributed by atoms with Gasteiger partial charge in [-0.15, -0.1) is 0 Å². The number of benzene rings is 1. The van der Waals surface area contributed by atoms with Gasteiger partial charge in [-0.2, -0.15) is 4.31 Å². The molecule has 1 amide bonds. The van der Waals surface area contributed by atoms with E-state index in [0.29, 0.717) is 0 Å². The lowest BCUT2D eigenvalue weighted by atomic mass is 10.2. The molecule has 18 heavy (non-hydrogen) atoms. The third-order valence-corrected chi connectivity index (χ3v) is 4.55. The monoisotopic (exact) mass is 270 g/mol. The Bertz CT molecular complexity index is 521. The van der Waals surface area contributed by atoms with Crippen LogP contribution < -0.4 is 5.73 Å². The number of carbonyl (C=O) groups excluding carboxylic acids is 1. The summed E-state index contributed by atoms with van der Waals surface area (Å²) in [7, 11) is -3.68. The van der Waals surface area contributed by atoms with Crippen LogP contribution in [0.3, 0.4) is 0 Å². The van der Waals surface area contributed by atoms with E-state index in [1.54, 1.807) is 26.0 Å². The number of primary amides is 1. The van der Waals surface area contributed by atoms with Crippen LogP contribution in [0.5, 0.6) is 0 Å². The van der Waals surface area contributed by atoms with E-state index in [4.69, 9.17) is 5.73 Å². The zero-order chi connectivity index (χ0) is 13.9. The molecule has 2 N–H and O–H groups in total. The molecule has 0 radical (unpaired) electrons. The number of nitrogens with two attached hydrogens (primary N) is 1. The van der Waals surface area contributed by atoms with Gasteiger partial charge in [0.15, 0.2) is 0 Å². The maximum atomic E-state index is 12.3. The lowest BCUT2D eigenvalue weighted by molar-refractivity contribution is -0.118. The van der Waals surface area contributed by atoms with Crippen LogP contribution in [0.1, 0.15) is 19.4 Å². The lowest BCUT2D eigenvalue weighted by Crippen LogP contribution is -2.42. The first kappa shape index (κ1) is 14.7. The summed E-state index contributed by atoms with van der Waals surface area (Å²) >= 11 is 0. The van der Waals surface area contributed by atoms with Gasteiger partial charge in [-0.25, -0.2) is 8.42 Å². The predicted molar refractivity (Wildman–Crippen MR) is 69.4 cm³/mol. The summed E-state index contributed by atoms with van der Waals surface area (Å²) in [5, 5.41) is 0. The van der Waals surface area contributed by atoms with E-state index in [1.807, 2.05) is 6.92 Å². The molecule has 1 rings (SSSR count). The van der Waals surface area contributed by atoms with Crippen molar-refractivity contribution in [2.75, 3.05) is 6.54 Å². The van der Waals surface area contributed by atoms with E-state index in [1.165, 1.54) is 12.1 Å². The third kappa shape index (κ3) is 3.30. The highest BCUT2D eigenvalue weighted by Gasteiger charge is 2.28. The van der Waals surface area contributed by atoms with Gasteiger partial charge in [-0.1, -0.05) is 17.7 Å². The molecule has 1 aromatic carbocycles. The van der Waals surface area contributed by atoms with E-state index in [-0.39, 0.29) is 17.5 Å². The van der Waals surface area contributed by atoms with Crippen molar-refractivity contribution in [1.82, 2.24) is 4.31 Å². The highest BCUT2D eigenvalue weighted by Crippen LogP contribution is 2.18. The van der Waals surface area contributed by atoms with Crippen LogP contribution in [0.2, 0.25) is 0 Å². The molecule has 1 aromatic rings. The molecule has 0 atom stereocenters. The Balaban J connectivity index is 3.16. The number of sulfonamides is 1. The predicted octanol–water partition coefficient (Wildman–Crippen LogP) is 0.879. The Morgan fingerprint density at radius 3 is 2.17 bits per heavy atom. The van der Waals surface area contributed by atoms with Crippen molar-refractivity contribution in [3.63, 3.8) is 0 Å². The molecule has 0 aromatic heterocycles. The molecule has 0 aliphatic carbocycles. The van der Waals surface area contributed by atoms with Gasteiger partial charge in [0.25, 0.3) is 0 Å². The van der Waals surface area contributed by atoms with Gasteiger partial charge in [0.2, 0.25) is 15.9 Å². The molecule has 100 valence electrons. The molecule has 0 fully saturated rings. The third-order valence-electron chi connectivity index (χ3n) is 2.52. The van der Waals surface area contributed by atoms with Crippen LogP contribution >= 0.6 is 0 Å². The Hall–Kier alpha value is -1.40. The van der Waals surface area contributed by atoms with Gasteiger partial charge < -0.3 is 5.73 Å². The van der Waals surface area contributed by atoms with Crippen molar-refractivity contribution in [2.45, 2.75) is 31.7 Å². The number of carbonyl (C=O) groups is 1. The minimum absolute atomic E-state index is 0.169. The molecule has 5 nitrogen and oxygen atoms in total. The second-order valence-electron chi connectivity index (χ2n) is 4.42. The number of rotatable bonds is 5. The first-order valence-electron chi connectivity index (χ1n) is 5.62. The van der Waals surface area contributed by atoms with E-state index < -0.39 is 15.9 Å². The Morgan fingerprint density at radius 2 is 1.78 bits per heavy atom. The second-order valence-corrected chi connectivity index (χ2v) is 6.31. The van der Waals surface area contributed by atoms with Crippen molar-refractivity contribution >= 4 is 15.9 Å². The fourth-order valence-corrected chi connectivity index (χ4v) is 3.15. The molecule has 0 saturated carbocycles. The van der Waals surface area contributed by atoms with Crippen molar-refractivity contribution in [3.8, 4) is 0 Å². The minimum Gasteiger partial charge on any atom is -0.369 e. The molecule has 0 spiro atoms. The number of hydrogen-bond donors (Lipinski definition) is 1. The Labute approximate surface area is 108 Å². The van der Waals surface area contributed by atoms with Crippen LogP contribution in [-0.2, 0) is 14.8 Å². The Morgan fingerprint density at radius 1 is 1.28 bits per heavy atom. The summed E-state index contributed by atoms with van der Waals surface area (Å²) in [6.07, 6.45) is 0. The van der Waals surface area contributed by atoms with E-state index >= 15 is 0 Å². The maximum absolute atomic E-state index is 12.3. The highest BCUT2D eigenvalue weighted by atomic mass is 32.2. The van der Waals surface area contributed by atoms with Gasteiger partial charge >= 0.3 is 0 Å². The molecule has 0 aliphatic rings. The van der Waals surface area contributed by atoms with Gasteiger partial charge in [0.1, 0.15) is 0 Å². The first-order chi connectivity index (χ1) is 8.25. The number of aryl methyl sites for hydroxylation is 1. The normalized spacial score (nSPS) is 12.1. The zero-order valence-corrected chi connectivity index (χ0v) is 11.6. The lowest BCUT2D eigenvalue weighted by Gasteiger charge is -2.24. The molecule has 0 heterocycles. The number of nitrogens with zero attached hydrogens (tertiary/aromatic N) is 1. The molecular formula is C12H18N2O3S. The van der Waals surface area contributed by atoms with E-state index in [0.717, 1.165) is 9.87 Å². The maximum Gasteiger partial charge on any atom is 0.243 e. The summed E-state index contributed by atoms with van der Waals surface area (Å²) in [5.41, 5.74) is 6.06. The fraction of sp³-hybridized carbons (Fsp3) is 0.417. The largest absolute Gasteiger partial charge is 0.369 e. The standard InChI is InChI=1S/C12H18N2O3S/c1-9(2)14(8-12(13)15)18(16,17)11-6-4-10(3)5-7-11/h4-7,9H,8H2,1-3H3,(H2,13,15). The minimum atomic E-state index is -3.68. The van der Waals surface area contributed by atoms with Crippen molar-refractivity contribution in [1.29, 1.82) is 0 Å². The summed E-state index contributed by atoms with van der Waals surface area (Å²) < 4.78 is 25.8. The number of hydrogen-bond acceptors (Lipinski definition) is 3. The highest BCUT2D eigenvalue weighted by molar-refractivity contribution is 7.89. The van der Waals surface area contributed by atoms with Gasteiger partial charge in [-0.3, -0.25) is 4.79 Å². The quantitative estimate of drug-likeness (QED) is 0.862. The summed E-state index contributed by atoms with van der Waals surface area (Å²) in [6, 6.07) is 6.16. The smallest absolute Gasteiger partial charge is 0.243 e. The van der Waals surface area contributed by atoms with Crippen molar-refractivity contribution < 1.29 is 13.2 Å². The SMILES string of the molecule is Cc1ccc(S(=O)(=O)N(CC(N)=O)C(C)C)cc1. The van der Waals surface area contributed by atoms with Crippen LogP contribution in [0.25, 0.3) is 0 Å². The Kier molecular flexibility index (Phi) is 4.48. The molecule has 0 bridgehead atoms. The topological polar surface area (TPSA) is 80.5 Å².